The fourth-order valence-electron chi connectivity index (χ4n) is 3.21. The van der Waals surface area contributed by atoms with Crippen LogP contribution in [0.3, 0.4) is 0 Å². The van der Waals surface area contributed by atoms with E-state index in [2.05, 4.69) is 39.9 Å². The Hall–Kier alpha value is -0.860. The SMILES string of the molecule is CN=C(NCCOC1CCCCCC1)NCc1cccc(COC)c1.I. The topological polar surface area (TPSA) is 54.9 Å². The van der Waals surface area contributed by atoms with E-state index in [9.17, 15) is 0 Å². The Morgan fingerprint density at radius 2 is 1.85 bits per heavy atom. The van der Waals surface area contributed by atoms with Crippen LogP contribution in [0.1, 0.15) is 49.7 Å². The minimum absolute atomic E-state index is 0. The minimum Gasteiger partial charge on any atom is -0.380 e. The number of rotatable bonds is 8. The number of nitrogens with one attached hydrogen (secondary N) is 2. The predicted molar refractivity (Wildman–Crippen MR) is 118 cm³/mol. The van der Waals surface area contributed by atoms with Gasteiger partial charge in [-0.2, -0.15) is 0 Å². The molecule has 1 aliphatic rings. The monoisotopic (exact) mass is 475 g/mol. The highest BCUT2D eigenvalue weighted by Crippen LogP contribution is 2.19. The van der Waals surface area contributed by atoms with Crippen LogP contribution in [-0.4, -0.2) is 39.4 Å². The van der Waals surface area contributed by atoms with Gasteiger partial charge in [0, 0.05) is 27.2 Å². The Kier molecular flexibility index (Phi) is 12.7. The van der Waals surface area contributed by atoms with Crippen LogP contribution in [0.5, 0.6) is 0 Å². The van der Waals surface area contributed by atoms with Gasteiger partial charge >= 0.3 is 0 Å². The highest BCUT2D eigenvalue weighted by Gasteiger charge is 2.12. The Morgan fingerprint density at radius 3 is 2.54 bits per heavy atom. The third-order valence-electron chi connectivity index (χ3n) is 4.54. The first-order chi connectivity index (χ1) is 12.3. The van der Waals surface area contributed by atoms with Crippen molar-refractivity contribution in [3.63, 3.8) is 0 Å². The molecule has 2 N–H and O–H groups in total. The van der Waals surface area contributed by atoms with Crippen molar-refractivity contribution >= 4 is 29.9 Å². The van der Waals surface area contributed by atoms with Crippen LogP contribution in [0.4, 0.5) is 0 Å². The normalized spacial score (nSPS) is 15.8. The summed E-state index contributed by atoms with van der Waals surface area (Å²) >= 11 is 0. The molecule has 0 aromatic heterocycles. The zero-order valence-corrected chi connectivity index (χ0v) is 18.5. The summed E-state index contributed by atoms with van der Waals surface area (Å²) in [6, 6.07) is 8.39. The van der Waals surface area contributed by atoms with Crippen molar-refractivity contribution in [2.75, 3.05) is 27.3 Å². The number of hydrogen-bond donors (Lipinski definition) is 2. The molecule has 1 aliphatic carbocycles. The molecule has 1 aromatic carbocycles. The fourth-order valence-corrected chi connectivity index (χ4v) is 3.21. The number of ether oxygens (including phenoxy) is 2. The van der Waals surface area contributed by atoms with E-state index >= 15 is 0 Å². The smallest absolute Gasteiger partial charge is 0.191 e. The molecular formula is C20H34IN3O2. The van der Waals surface area contributed by atoms with Gasteiger partial charge in [0.1, 0.15) is 0 Å². The molecule has 1 fully saturated rings. The van der Waals surface area contributed by atoms with Crippen LogP contribution in [0.25, 0.3) is 0 Å². The number of guanidine groups is 1. The molecule has 1 aromatic rings. The zero-order valence-electron chi connectivity index (χ0n) is 16.1. The van der Waals surface area contributed by atoms with E-state index in [0.717, 1.165) is 25.7 Å². The molecule has 1 saturated carbocycles. The van der Waals surface area contributed by atoms with E-state index < -0.39 is 0 Å². The van der Waals surface area contributed by atoms with Crippen molar-refractivity contribution < 1.29 is 9.47 Å². The highest BCUT2D eigenvalue weighted by atomic mass is 127. The summed E-state index contributed by atoms with van der Waals surface area (Å²) in [5, 5.41) is 6.67. The van der Waals surface area contributed by atoms with E-state index in [0.29, 0.717) is 12.7 Å². The van der Waals surface area contributed by atoms with Crippen LogP contribution in [-0.2, 0) is 22.6 Å². The van der Waals surface area contributed by atoms with Crippen LogP contribution < -0.4 is 10.6 Å². The standard InChI is InChI=1S/C20H33N3O2.HI/c1-21-20(22-12-13-25-19-10-5-3-4-6-11-19)23-15-17-8-7-9-18(14-17)16-24-2;/h7-9,14,19H,3-6,10-13,15-16H2,1-2H3,(H2,21,22,23);1H. The maximum atomic E-state index is 6.00. The van der Waals surface area contributed by atoms with Gasteiger partial charge in [-0.1, -0.05) is 49.9 Å². The van der Waals surface area contributed by atoms with Crippen molar-refractivity contribution in [2.24, 2.45) is 4.99 Å². The highest BCUT2D eigenvalue weighted by molar-refractivity contribution is 14.0. The average Bonchev–Trinajstić information content (AvgIpc) is 2.90. The van der Waals surface area contributed by atoms with Crippen LogP contribution in [0.15, 0.2) is 29.3 Å². The van der Waals surface area contributed by atoms with Gasteiger partial charge in [-0.25, -0.2) is 0 Å². The molecule has 0 bridgehead atoms. The van der Waals surface area contributed by atoms with Crippen molar-refractivity contribution in [2.45, 2.75) is 57.8 Å². The van der Waals surface area contributed by atoms with Gasteiger partial charge in [-0.3, -0.25) is 4.99 Å². The first-order valence-electron chi connectivity index (χ1n) is 9.44. The third-order valence-corrected chi connectivity index (χ3v) is 4.54. The van der Waals surface area contributed by atoms with Crippen molar-refractivity contribution in [1.82, 2.24) is 10.6 Å². The van der Waals surface area contributed by atoms with Crippen LogP contribution >= 0.6 is 24.0 Å². The number of aliphatic imine (C=N–C) groups is 1. The Morgan fingerprint density at radius 1 is 1.12 bits per heavy atom. The van der Waals surface area contributed by atoms with Gasteiger partial charge in [0.15, 0.2) is 5.96 Å². The summed E-state index contributed by atoms with van der Waals surface area (Å²) in [4.78, 5) is 4.28. The summed E-state index contributed by atoms with van der Waals surface area (Å²) in [7, 11) is 3.51. The first-order valence-corrected chi connectivity index (χ1v) is 9.44. The van der Waals surface area contributed by atoms with Crippen LogP contribution in [0.2, 0.25) is 0 Å². The second kappa shape index (κ2) is 14.2. The molecule has 0 unspecified atom stereocenters. The van der Waals surface area contributed by atoms with Crippen molar-refractivity contribution in [3.05, 3.63) is 35.4 Å². The molecule has 5 nitrogen and oxygen atoms in total. The molecule has 0 atom stereocenters. The first kappa shape index (κ1) is 23.2. The molecule has 148 valence electrons. The van der Waals surface area contributed by atoms with Gasteiger partial charge in [0.2, 0.25) is 0 Å². The number of nitrogens with zero attached hydrogens (tertiary/aromatic N) is 1. The lowest BCUT2D eigenvalue weighted by Gasteiger charge is -2.17. The lowest BCUT2D eigenvalue weighted by atomic mass is 10.1. The molecular weight excluding hydrogens is 441 g/mol. The summed E-state index contributed by atoms with van der Waals surface area (Å²) in [5.74, 6) is 0.807. The van der Waals surface area contributed by atoms with Crippen LogP contribution in [0, 0.1) is 0 Å². The minimum atomic E-state index is 0. The second-order valence-corrected chi connectivity index (χ2v) is 6.59. The largest absolute Gasteiger partial charge is 0.380 e. The van der Waals surface area contributed by atoms with Gasteiger partial charge in [-0.15, -0.1) is 24.0 Å². The molecule has 0 spiro atoms. The number of methoxy groups -OCH3 is 1. The van der Waals surface area contributed by atoms with E-state index in [1.54, 1.807) is 14.2 Å². The molecule has 0 heterocycles. The Balaban J connectivity index is 0.00000338. The van der Waals surface area contributed by atoms with Gasteiger partial charge in [-0.05, 0) is 24.0 Å². The number of hydrogen-bond acceptors (Lipinski definition) is 3. The average molecular weight is 475 g/mol. The quantitative estimate of drug-likeness (QED) is 0.197. The Bertz CT molecular complexity index is 518. The van der Waals surface area contributed by atoms with Crippen molar-refractivity contribution in [1.29, 1.82) is 0 Å². The third kappa shape index (κ3) is 9.19. The van der Waals surface area contributed by atoms with Gasteiger partial charge < -0.3 is 20.1 Å². The van der Waals surface area contributed by atoms with E-state index in [4.69, 9.17) is 9.47 Å². The van der Waals surface area contributed by atoms with E-state index in [-0.39, 0.29) is 24.0 Å². The lowest BCUT2D eigenvalue weighted by molar-refractivity contribution is 0.0468. The van der Waals surface area contributed by atoms with E-state index in [1.165, 1.54) is 49.7 Å². The maximum Gasteiger partial charge on any atom is 0.191 e. The molecule has 0 saturated heterocycles. The molecule has 26 heavy (non-hydrogen) atoms. The lowest BCUT2D eigenvalue weighted by Crippen LogP contribution is -2.38. The second-order valence-electron chi connectivity index (χ2n) is 6.59. The molecule has 0 radical (unpaired) electrons. The molecule has 6 heteroatoms. The zero-order chi connectivity index (χ0) is 17.7. The Labute approximate surface area is 175 Å². The summed E-state index contributed by atoms with van der Waals surface area (Å²) in [6.07, 6.45) is 8.21. The summed E-state index contributed by atoms with van der Waals surface area (Å²) < 4.78 is 11.2. The van der Waals surface area contributed by atoms with Gasteiger partial charge in [0.25, 0.3) is 0 Å². The number of halogens is 1. The molecule has 0 amide bonds. The van der Waals surface area contributed by atoms with Gasteiger partial charge in [0.05, 0.1) is 19.3 Å². The predicted octanol–water partition coefficient (Wildman–Crippen LogP) is 3.86. The molecule has 2 rings (SSSR count). The summed E-state index contributed by atoms with van der Waals surface area (Å²) in [6.45, 7) is 2.88. The summed E-state index contributed by atoms with van der Waals surface area (Å²) in [5.41, 5.74) is 2.40. The molecule has 0 aliphatic heterocycles. The number of benzene rings is 1. The van der Waals surface area contributed by atoms with Crippen molar-refractivity contribution in [3.8, 4) is 0 Å². The fraction of sp³-hybridized carbons (Fsp3) is 0.650. The van der Waals surface area contributed by atoms with E-state index in [1.807, 2.05) is 0 Å². The maximum absolute atomic E-state index is 6.00.